The summed E-state index contributed by atoms with van der Waals surface area (Å²) < 4.78 is 1.29. The van der Waals surface area contributed by atoms with E-state index in [1.165, 1.54) is 10.6 Å². The SMILES string of the molecule is CNCn1c(Cl)nc2c(O)cccc2c1=O. The summed E-state index contributed by atoms with van der Waals surface area (Å²) in [5.41, 5.74) is -0.0508. The molecule has 5 nitrogen and oxygen atoms in total. The molecule has 2 rings (SSSR count). The maximum atomic E-state index is 12.0. The first kappa shape index (κ1) is 10.9. The third kappa shape index (κ3) is 1.64. The number of nitrogens with one attached hydrogen (secondary N) is 1. The van der Waals surface area contributed by atoms with Crippen LogP contribution in [0.25, 0.3) is 10.9 Å². The maximum absolute atomic E-state index is 12.0. The molecule has 84 valence electrons. The van der Waals surface area contributed by atoms with Gasteiger partial charge in [0, 0.05) is 0 Å². The van der Waals surface area contributed by atoms with Gasteiger partial charge >= 0.3 is 0 Å². The second kappa shape index (κ2) is 4.11. The molecule has 0 unspecified atom stereocenters. The molecule has 0 saturated heterocycles. The smallest absolute Gasteiger partial charge is 0.263 e. The quantitative estimate of drug-likeness (QED) is 0.766. The Morgan fingerprint density at radius 3 is 3.00 bits per heavy atom. The standard InChI is InChI=1S/C10H10ClN3O2/c1-12-5-14-9(16)6-3-2-4-7(15)8(6)13-10(14)11/h2-4,12,15H,5H2,1H3. The number of rotatable bonds is 2. The lowest BCUT2D eigenvalue weighted by Crippen LogP contribution is -2.27. The molecule has 2 N–H and O–H groups in total. The number of hydrogen-bond donors (Lipinski definition) is 2. The minimum atomic E-state index is -0.278. The average molecular weight is 240 g/mol. The molecule has 1 aromatic heterocycles. The number of fused-ring (bicyclic) bond motifs is 1. The van der Waals surface area contributed by atoms with Crippen molar-refractivity contribution in [2.24, 2.45) is 0 Å². The van der Waals surface area contributed by atoms with Gasteiger partial charge in [0.1, 0.15) is 11.3 Å². The zero-order valence-electron chi connectivity index (χ0n) is 8.57. The summed E-state index contributed by atoms with van der Waals surface area (Å²) in [5, 5.41) is 12.8. The van der Waals surface area contributed by atoms with Crippen LogP contribution in [0.4, 0.5) is 0 Å². The van der Waals surface area contributed by atoms with Crippen molar-refractivity contribution in [1.29, 1.82) is 0 Å². The Balaban J connectivity index is 2.84. The van der Waals surface area contributed by atoms with Crippen LogP contribution >= 0.6 is 11.6 Å². The zero-order valence-corrected chi connectivity index (χ0v) is 9.32. The molecule has 0 bridgehead atoms. The van der Waals surface area contributed by atoms with Crippen LogP contribution in [0.15, 0.2) is 23.0 Å². The number of phenols is 1. The molecular weight excluding hydrogens is 230 g/mol. The molecular formula is C10H10ClN3O2. The van der Waals surface area contributed by atoms with E-state index in [-0.39, 0.29) is 28.8 Å². The Morgan fingerprint density at radius 1 is 1.56 bits per heavy atom. The predicted octanol–water partition coefficient (Wildman–Crippen LogP) is 0.932. The highest BCUT2D eigenvalue weighted by atomic mass is 35.5. The van der Waals surface area contributed by atoms with Crippen LogP contribution in [0.2, 0.25) is 5.28 Å². The minimum Gasteiger partial charge on any atom is -0.506 e. The van der Waals surface area contributed by atoms with Gasteiger partial charge in [0.05, 0.1) is 12.1 Å². The van der Waals surface area contributed by atoms with Gasteiger partial charge in [-0.2, -0.15) is 0 Å². The maximum Gasteiger partial charge on any atom is 0.263 e. The van der Waals surface area contributed by atoms with Crippen molar-refractivity contribution in [3.8, 4) is 5.75 Å². The Hall–Kier alpha value is -1.59. The Kier molecular flexibility index (Phi) is 2.80. The van der Waals surface area contributed by atoms with Gasteiger partial charge < -0.3 is 10.4 Å². The lowest BCUT2D eigenvalue weighted by molar-refractivity contribution is 0.479. The van der Waals surface area contributed by atoms with Gasteiger partial charge in [0.15, 0.2) is 0 Å². The lowest BCUT2D eigenvalue weighted by Gasteiger charge is -2.08. The summed E-state index contributed by atoms with van der Waals surface area (Å²) in [6.07, 6.45) is 0. The fraction of sp³-hybridized carbons (Fsp3) is 0.200. The summed E-state index contributed by atoms with van der Waals surface area (Å²) in [7, 11) is 1.70. The van der Waals surface area contributed by atoms with Gasteiger partial charge in [-0.15, -0.1) is 0 Å². The molecule has 6 heteroatoms. The molecule has 0 aliphatic rings. The van der Waals surface area contributed by atoms with Crippen molar-refractivity contribution in [1.82, 2.24) is 14.9 Å². The highest BCUT2D eigenvalue weighted by Gasteiger charge is 2.10. The van der Waals surface area contributed by atoms with Crippen LogP contribution in [0.5, 0.6) is 5.75 Å². The Bertz CT molecular complexity index is 594. The van der Waals surface area contributed by atoms with E-state index in [0.717, 1.165) is 0 Å². The van der Waals surface area contributed by atoms with Crippen LogP contribution in [0.1, 0.15) is 0 Å². The van der Waals surface area contributed by atoms with Crippen molar-refractivity contribution >= 4 is 22.5 Å². The van der Waals surface area contributed by atoms with Crippen molar-refractivity contribution in [2.75, 3.05) is 7.05 Å². The molecule has 0 aliphatic carbocycles. The number of phenolic OH excluding ortho intramolecular Hbond substituents is 1. The number of para-hydroxylation sites is 1. The van der Waals surface area contributed by atoms with Crippen molar-refractivity contribution < 1.29 is 5.11 Å². The molecule has 0 aliphatic heterocycles. The van der Waals surface area contributed by atoms with E-state index in [9.17, 15) is 9.90 Å². The molecule has 16 heavy (non-hydrogen) atoms. The number of aromatic nitrogens is 2. The Labute approximate surface area is 96.3 Å². The molecule has 0 amide bonds. The van der Waals surface area contributed by atoms with Crippen molar-refractivity contribution in [2.45, 2.75) is 6.67 Å². The van der Waals surface area contributed by atoms with Gasteiger partial charge in [0.25, 0.3) is 5.56 Å². The normalized spacial score (nSPS) is 10.9. The van der Waals surface area contributed by atoms with E-state index in [0.29, 0.717) is 5.39 Å². The average Bonchev–Trinajstić information content (AvgIpc) is 2.26. The van der Waals surface area contributed by atoms with Crippen LogP contribution in [0, 0.1) is 0 Å². The molecule has 1 heterocycles. The van der Waals surface area contributed by atoms with Gasteiger partial charge in [0.2, 0.25) is 5.28 Å². The topological polar surface area (TPSA) is 67.2 Å². The first-order valence-electron chi connectivity index (χ1n) is 4.67. The monoisotopic (exact) mass is 239 g/mol. The lowest BCUT2D eigenvalue weighted by atomic mass is 10.2. The first-order chi connectivity index (χ1) is 7.65. The molecule has 0 fully saturated rings. The summed E-state index contributed by atoms with van der Waals surface area (Å²) in [6, 6.07) is 4.67. The van der Waals surface area contributed by atoms with E-state index in [2.05, 4.69) is 10.3 Å². The number of nitrogens with zero attached hydrogens (tertiary/aromatic N) is 2. The van der Waals surface area contributed by atoms with Crippen LogP contribution < -0.4 is 10.9 Å². The number of hydrogen-bond acceptors (Lipinski definition) is 4. The van der Waals surface area contributed by atoms with E-state index >= 15 is 0 Å². The summed E-state index contributed by atoms with van der Waals surface area (Å²) in [6.45, 7) is 0.274. The zero-order chi connectivity index (χ0) is 11.7. The van der Waals surface area contributed by atoms with Crippen LogP contribution in [-0.2, 0) is 6.67 Å². The van der Waals surface area contributed by atoms with Gasteiger partial charge in [-0.3, -0.25) is 9.36 Å². The molecule has 0 saturated carbocycles. The van der Waals surface area contributed by atoms with Crippen molar-refractivity contribution in [3.63, 3.8) is 0 Å². The minimum absolute atomic E-state index is 0.0480. The summed E-state index contributed by atoms with van der Waals surface area (Å²) in [4.78, 5) is 16.0. The van der Waals surface area contributed by atoms with E-state index in [4.69, 9.17) is 11.6 Å². The third-order valence-corrected chi connectivity index (χ3v) is 2.52. The fourth-order valence-corrected chi connectivity index (χ4v) is 1.72. The van der Waals surface area contributed by atoms with Crippen LogP contribution in [0.3, 0.4) is 0 Å². The van der Waals surface area contributed by atoms with Gasteiger partial charge in [-0.1, -0.05) is 6.07 Å². The van der Waals surface area contributed by atoms with E-state index in [1.54, 1.807) is 19.2 Å². The largest absolute Gasteiger partial charge is 0.506 e. The van der Waals surface area contributed by atoms with Gasteiger partial charge in [-0.25, -0.2) is 4.98 Å². The predicted molar refractivity (Wildman–Crippen MR) is 61.7 cm³/mol. The second-order valence-corrected chi connectivity index (χ2v) is 3.64. The second-order valence-electron chi connectivity index (χ2n) is 3.30. The fourth-order valence-electron chi connectivity index (χ4n) is 1.50. The molecule has 2 aromatic rings. The summed E-state index contributed by atoms with van der Waals surface area (Å²) >= 11 is 5.86. The van der Waals surface area contributed by atoms with Crippen molar-refractivity contribution in [3.05, 3.63) is 33.8 Å². The highest BCUT2D eigenvalue weighted by Crippen LogP contribution is 2.20. The van der Waals surface area contributed by atoms with Crippen LogP contribution in [-0.4, -0.2) is 21.7 Å². The molecule has 1 aromatic carbocycles. The summed E-state index contributed by atoms with van der Waals surface area (Å²) in [5.74, 6) is -0.0480. The number of aromatic hydroxyl groups is 1. The molecule has 0 atom stereocenters. The molecule has 0 spiro atoms. The van der Waals surface area contributed by atoms with Gasteiger partial charge in [-0.05, 0) is 30.8 Å². The van der Waals surface area contributed by atoms with E-state index in [1.807, 2.05) is 0 Å². The first-order valence-corrected chi connectivity index (χ1v) is 5.05. The number of halogens is 1. The number of benzene rings is 1. The highest BCUT2D eigenvalue weighted by molar-refractivity contribution is 6.28. The third-order valence-electron chi connectivity index (χ3n) is 2.23. The Morgan fingerprint density at radius 2 is 2.31 bits per heavy atom. The molecule has 0 radical (unpaired) electrons. The van der Waals surface area contributed by atoms with E-state index < -0.39 is 0 Å².